The molecule has 8 heteroatoms. The number of hydrogen-bond acceptors (Lipinski definition) is 3. The van der Waals surface area contributed by atoms with Crippen molar-refractivity contribution < 1.29 is 15.4 Å². The number of carbonyl (C=O) groups is 1. The first-order chi connectivity index (χ1) is 5.54. The van der Waals surface area contributed by atoms with Crippen LogP contribution in [0.3, 0.4) is 0 Å². The van der Waals surface area contributed by atoms with Crippen molar-refractivity contribution in [1.82, 2.24) is 0 Å². The van der Waals surface area contributed by atoms with E-state index in [0.29, 0.717) is 19.4 Å². The smallest absolute Gasteiger partial charge is 2.00 e. The molecule has 0 aromatic carbocycles. The molecule has 0 unspecified atom stereocenters. The minimum atomic E-state index is -1.00. The fourth-order valence-corrected chi connectivity index (χ4v) is 0.643. The van der Waals surface area contributed by atoms with E-state index < -0.39 is 12.0 Å². The average molecular weight is 215 g/mol. The molecular formula is C6H14MgN4O3. The Kier molecular flexibility index (Phi) is 14.3. The summed E-state index contributed by atoms with van der Waals surface area (Å²) in [7, 11) is 0. The Bertz CT molecular complexity index is 184. The third kappa shape index (κ3) is 11.4. The number of guanidine groups is 1. The fourth-order valence-electron chi connectivity index (χ4n) is 0.643. The van der Waals surface area contributed by atoms with E-state index >= 15 is 0 Å². The summed E-state index contributed by atoms with van der Waals surface area (Å²) in [5.41, 5.74) is 15.3. The first-order valence-corrected chi connectivity index (χ1v) is 3.58. The summed E-state index contributed by atoms with van der Waals surface area (Å²) in [6, 6.07) is -0.820. The summed E-state index contributed by atoms with van der Waals surface area (Å²) in [5, 5.41) is 8.38. The number of carboxylic acids is 1. The van der Waals surface area contributed by atoms with E-state index in [1.54, 1.807) is 0 Å². The Morgan fingerprint density at radius 3 is 2.29 bits per heavy atom. The zero-order valence-corrected chi connectivity index (χ0v) is 9.26. The molecule has 0 spiro atoms. The van der Waals surface area contributed by atoms with Gasteiger partial charge in [0.25, 0.3) is 0 Å². The van der Waals surface area contributed by atoms with Crippen molar-refractivity contribution >= 4 is 35.0 Å². The molecule has 7 N–H and O–H groups in total. The molecule has 1 atom stereocenters. The molecule has 0 bridgehead atoms. The van der Waals surface area contributed by atoms with Crippen LogP contribution >= 0.6 is 0 Å². The molecule has 0 radical (unpaired) electrons. The summed E-state index contributed by atoms with van der Waals surface area (Å²) < 4.78 is 0. The van der Waals surface area contributed by atoms with E-state index in [9.17, 15) is 4.79 Å². The third-order valence-corrected chi connectivity index (χ3v) is 1.28. The molecule has 0 amide bonds. The van der Waals surface area contributed by atoms with Gasteiger partial charge in [0.2, 0.25) is 0 Å². The molecule has 14 heavy (non-hydrogen) atoms. The van der Waals surface area contributed by atoms with Gasteiger partial charge in [-0.3, -0.25) is 9.79 Å². The number of nitrogens with zero attached hydrogens (tertiary/aromatic N) is 1. The number of aliphatic carboxylic acids is 1. The van der Waals surface area contributed by atoms with Crippen LogP contribution in [0.2, 0.25) is 0 Å². The second kappa shape index (κ2) is 10.5. The van der Waals surface area contributed by atoms with E-state index in [1.807, 2.05) is 0 Å². The standard InChI is InChI=1S/C6H14N4O2.Mg.O/c7-4(5(11)12)2-1-3-10-6(8)9;;/h4H,1-3,7H2,(H,11,12)(H4,8,9,10);;/q;+2;-2/t4-;;/m0../s1. The molecule has 0 rings (SSSR count). The first kappa shape index (κ1) is 19.1. The molecule has 0 aliphatic carbocycles. The Labute approximate surface area is 98.2 Å². The largest absolute Gasteiger partial charge is 2.00 e. The van der Waals surface area contributed by atoms with Crippen molar-refractivity contribution in [3.05, 3.63) is 0 Å². The molecule has 0 aliphatic heterocycles. The van der Waals surface area contributed by atoms with Gasteiger partial charge in [0.15, 0.2) is 5.96 Å². The molecule has 0 aliphatic rings. The molecule has 0 heterocycles. The number of aliphatic imine (C=N–C) groups is 1. The van der Waals surface area contributed by atoms with Crippen LogP contribution in [0.5, 0.6) is 0 Å². The number of rotatable bonds is 5. The zero-order valence-electron chi connectivity index (χ0n) is 7.85. The quantitative estimate of drug-likeness (QED) is 0.179. The molecule has 78 valence electrons. The third-order valence-electron chi connectivity index (χ3n) is 1.28. The van der Waals surface area contributed by atoms with Crippen LogP contribution in [-0.2, 0) is 10.3 Å². The van der Waals surface area contributed by atoms with Crippen LogP contribution in [0, 0.1) is 0 Å². The molecular weight excluding hydrogens is 200 g/mol. The van der Waals surface area contributed by atoms with Crippen LogP contribution in [0.25, 0.3) is 0 Å². The van der Waals surface area contributed by atoms with Crippen LogP contribution in [0.4, 0.5) is 0 Å². The van der Waals surface area contributed by atoms with Gasteiger partial charge in [0, 0.05) is 6.54 Å². The van der Waals surface area contributed by atoms with Gasteiger partial charge in [0.1, 0.15) is 6.04 Å². The summed E-state index contributed by atoms with van der Waals surface area (Å²) >= 11 is 0. The average Bonchev–Trinajstić information content (AvgIpc) is 1.97. The molecule has 0 fully saturated rings. The maximum Gasteiger partial charge on any atom is 2.00 e. The van der Waals surface area contributed by atoms with Crippen molar-refractivity contribution in [3.8, 4) is 0 Å². The van der Waals surface area contributed by atoms with Gasteiger partial charge in [-0.1, -0.05) is 0 Å². The maximum absolute atomic E-state index is 10.2. The number of hydrogen-bond donors (Lipinski definition) is 4. The molecule has 0 aromatic heterocycles. The predicted molar refractivity (Wildman–Crippen MR) is 52.0 cm³/mol. The fraction of sp³-hybridized carbons (Fsp3) is 0.667. The Hall–Kier alpha value is -0.574. The Morgan fingerprint density at radius 2 is 1.93 bits per heavy atom. The van der Waals surface area contributed by atoms with Crippen molar-refractivity contribution in [2.24, 2.45) is 22.2 Å². The SMILES string of the molecule is NC(N)=NCCC[C@H](N)C(=O)O.[Mg+2].[O-2]. The predicted octanol–water partition coefficient (Wildman–Crippen LogP) is -2.05. The van der Waals surface area contributed by atoms with Crippen LogP contribution < -0.4 is 17.2 Å². The molecule has 0 saturated carbocycles. The van der Waals surface area contributed by atoms with Crippen molar-refractivity contribution in [3.63, 3.8) is 0 Å². The van der Waals surface area contributed by atoms with Crippen LogP contribution in [0.1, 0.15) is 12.8 Å². The van der Waals surface area contributed by atoms with Gasteiger partial charge in [0.05, 0.1) is 0 Å². The summed E-state index contributed by atoms with van der Waals surface area (Å²) in [5.74, 6) is -0.987. The van der Waals surface area contributed by atoms with Crippen molar-refractivity contribution in [2.75, 3.05) is 6.54 Å². The number of nitrogens with two attached hydrogens (primary N) is 3. The summed E-state index contributed by atoms with van der Waals surface area (Å²) in [4.78, 5) is 13.9. The van der Waals surface area contributed by atoms with Gasteiger partial charge < -0.3 is 27.8 Å². The van der Waals surface area contributed by atoms with Crippen LogP contribution in [-0.4, -0.2) is 52.7 Å². The number of carboxylic acid groups (broad SMARTS) is 1. The normalized spacial score (nSPS) is 10.4. The van der Waals surface area contributed by atoms with E-state index in [4.69, 9.17) is 22.3 Å². The topological polar surface area (TPSA) is 156 Å². The molecule has 0 aromatic rings. The van der Waals surface area contributed by atoms with Crippen LogP contribution in [0.15, 0.2) is 4.99 Å². The monoisotopic (exact) mass is 214 g/mol. The first-order valence-electron chi connectivity index (χ1n) is 3.58. The summed E-state index contributed by atoms with van der Waals surface area (Å²) in [6.07, 6.45) is 0.956. The molecule has 0 saturated heterocycles. The van der Waals surface area contributed by atoms with Gasteiger partial charge >= 0.3 is 29.0 Å². The van der Waals surface area contributed by atoms with Gasteiger partial charge in [-0.25, -0.2) is 0 Å². The Morgan fingerprint density at radius 1 is 1.43 bits per heavy atom. The van der Waals surface area contributed by atoms with Gasteiger partial charge in [-0.15, -0.1) is 0 Å². The van der Waals surface area contributed by atoms with Gasteiger partial charge in [-0.05, 0) is 12.8 Å². The van der Waals surface area contributed by atoms with E-state index in [-0.39, 0.29) is 34.5 Å². The molecule has 7 nitrogen and oxygen atoms in total. The van der Waals surface area contributed by atoms with Crippen molar-refractivity contribution in [2.45, 2.75) is 18.9 Å². The summed E-state index contributed by atoms with van der Waals surface area (Å²) in [6.45, 7) is 0.420. The van der Waals surface area contributed by atoms with Crippen molar-refractivity contribution in [1.29, 1.82) is 0 Å². The van der Waals surface area contributed by atoms with E-state index in [2.05, 4.69) is 4.99 Å². The minimum Gasteiger partial charge on any atom is -2.00 e. The maximum atomic E-state index is 10.2. The van der Waals surface area contributed by atoms with E-state index in [1.165, 1.54) is 0 Å². The minimum absolute atomic E-state index is 0. The van der Waals surface area contributed by atoms with E-state index in [0.717, 1.165) is 0 Å². The Balaban J connectivity index is -0.000000605. The van der Waals surface area contributed by atoms with Gasteiger partial charge in [-0.2, -0.15) is 0 Å². The second-order valence-corrected chi connectivity index (χ2v) is 2.39. The zero-order chi connectivity index (χ0) is 9.56. The second-order valence-electron chi connectivity index (χ2n) is 2.39.